The van der Waals surface area contributed by atoms with Crippen LogP contribution in [0.4, 0.5) is 0 Å². The lowest BCUT2D eigenvalue weighted by atomic mass is 10.1. The van der Waals surface area contributed by atoms with Gasteiger partial charge in [-0.15, -0.1) is 0 Å². The number of carbonyl (C=O) groups is 2. The summed E-state index contributed by atoms with van der Waals surface area (Å²) >= 11 is 0. The summed E-state index contributed by atoms with van der Waals surface area (Å²) in [5.74, 6) is -0.450. The van der Waals surface area contributed by atoms with Gasteiger partial charge in [0.1, 0.15) is 6.04 Å². The highest BCUT2D eigenvalue weighted by molar-refractivity contribution is 5.87. The van der Waals surface area contributed by atoms with Gasteiger partial charge in [0.25, 0.3) is 0 Å². The zero-order valence-electron chi connectivity index (χ0n) is 11.6. The Bertz CT molecular complexity index is 322. The minimum absolute atomic E-state index is 0.163. The van der Waals surface area contributed by atoms with E-state index >= 15 is 0 Å². The largest absolute Gasteiger partial charge is 0.394 e. The normalized spacial score (nSPS) is 24.3. The van der Waals surface area contributed by atoms with Crippen molar-refractivity contribution in [2.24, 2.45) is 0 Å². The molecule has 0 aliphatic carbocycles. The summed E-state index contributed by atoms with van der Waals surface area (Å²) in [5, 5.41) is 21.5. The predicted molar refractivity (Wildman–Crippen MR) is 70.3 cm³/mol. The van der Waals surface area contributed by atoms with E-state index in [4.69, 9.17) is 0 Å². The van der Waals surface area contributed by atoms with Gasteiger partial charge in [0.15, 0.2) is 0 Å². The van der Waals surface area contributed by atoms with E-state index in [0.717, 1.165) is 12.8 Å². The van der Waals surface area contributed by atoms with Gasteiger partial charge in [0.2, 0.25) is 11.8 Å². The van der Waals surface area contributed by atoms with Crippen molar-refractivity contribution in [1.82, 2.24) is 10.2 Å². The molecule has 0 spiro atoms. The van der Waals surface area contributed by atoms with E-state index in [1.165, 1.54) is 11.8 Å². The Morgan fingerprint density at radius 2 is 2.16 bits per heavy atom. The first-order chi connectivity index (χ1) is 8.99. The van der Waals surface area contributed by atoms with E-state index in [2.05, 4.69) is 5.32 Å². The van der Waals surface area contributed by atoms with Crippen molar-refractivity contribution in [3.05, 3.63) is 0 Å². The molecule has 0 aromatic carbocycles. The number of hydrogen-bond donors (Lipinski definition) is 3. The number of likely N-dealkylation sites (tertiary alicyclic amines) is 1. The average Bonchev–Trinajstić information content (AvgIpc) is 2.74. The molecule has 1 rings (SSSR count). The number of aliphatic hydroxyl groups is 2. The van der Waals surface area contributed by atoms with E-state index in [0.29, 0.717) is 12.8 Å². The minimum Gasteiger partial charge on any atom is -0.394 e. The van der Waals surface area contributed by atoms with E-state index in [-0.39, 0.29) is 31.0 Å². The number of unbranched alkanes of at least 4 members (excludes halogenated alkanes) is 1. The summed E-state index contributed by atoms with van der Waals surface area (Å²) in [6.07, 6.45) is 2.17. The Labute approximate surface area is 113 Å². The van der Waals surface area contributed by atoms with Crippen molar-refractivity contribution in [2.45, 2.75) is 57.7 Å². The molecule has 3 N–H and O–H groups in total. The van der Waals surface area contributed by atoms with Gasteiger partial charge in [-0.25, -0.2) is 0 Å². The van der Waals surface area contributed by atoms with Crippen molar-refractivity contribution in [1.29, 1.82) is 0 Å². The van der Waals surface area contributed by atoms with Crippen LogP contribution < -0.4 is 5.32 Å². The maximum absolute atomic E-state index is 12.4. The second-order valence-electron chi connectivity index (χ2n) is 5.11. The highest BCUT2D eigenvalue weighted by Crippen LogP contribution is 2.19. The molecule has 0 aromatic rings. The first-order valence-corrected chi connectivity index (χ1v) is 6.86. The van der Waals surface area contributed by atoms with E-state index < -0.39 is 12.1 Å². The summed E-state index contributed by atoms with van der Waals surface area (Å²) in [7, 11) is 0. The van der Waals surface area contributed by atoms with Gasteiger partial charge in [-0.3, -0.25) is 9.59 Å². The zero-order valence-corrected chi connectivity index (χ0v) is 11.6. The van der Waals surface area contributed by atoms with Gasteiger partial charge in [0.05, 0.1) is 18.8 Å². The number of carbonyl (C=O) groups excluding carboxylic acids is 2. The average molecular weight is 272 g/mol. The van der Waals surface area contributed by atoms with Crippen LogP contribution in [-0.4, -0.2) is 58.3 Å². The Morgan fingerprint density at radius 3 is 2.68 bits per heavy atom. The lowest BCUT2D eigenvalue weighted by Gasteiger charge is -2.28. The molecule has 19 heavy (non-hydrogen) atoms. The van der Waals surface area contributed by atoms with Crippen LogP contribution >= 0.6 is 0 Å². The molecule has 0 bridgehead atoms. The Kier molecular flexibility index (Phi) is 6.24. The number of nitrogens with zero attached hydrogens (tertiary/aromatic N) is 1. The lowest BCUT2D eigenvalue weighted by Crippen LogP contribution is -2.50. The van der Waals surface area contributed by atoms with Gasteiger partial charge in [-0.1, -0.05) is 19.8 Å². The maximum atomic E-state index is 12.4. The number of β-amino-alcohol motifs (C(OH)–C–C–N with tert-alkyl or cyclic N) is 1. The van der Waals surface area contributed by atoms with Crippen molar-refractivity contribution in [2.75, 3.05) is 13.2 Å². The second-order valence-corrected chi connectivity index (χ2v) is 5.11. The topological polar surface area (TPSA) is 89.9 Å². The van der Waals surface area contributed by atoms with Crippen molar-refractivity contribution >= 4 is 11.8 Å². The minimum atomic E-state index is -0.592. The third-order valence-corrected chi connectivity index (χ3v) is 3.41. The van der Waals surface area contributed by atoms with Crippen LogP contribution in [0, 0.1) is 0 Å². The summed E-state index contributed by atoms with van der Waals surface area (Å²) in [5.41, 5.74) is 0. The predicted octanol–water partition coefficient (Wildman–Crippen LogP) is -0.365. The molecule has 0 radical (unpaired) electrons. The zero-order chi connectivity index (χ0) is 14.4. The molecule has 1 heterocycles. The van der Waals surface area contributed by atoms with Crippen LogP contribution in [0.2, 0.25) is 0 Å². The SMILES string of the molecule is CCCCC(NC(C)=O)C(=O)N1CC(O)CC1CO. The standard InChI is InChI=1S/C13H24N2O4/c1-3-4-5-12(14-9(2)17)13(19)15-7-11(18)6-10(15)8-16/h10-12,16,18H,3-8H2,1-2H3,(H,14,17). The number of rotatable bonds is 6. The molecule has 0 saturated carbocycles. The second kappa shape index (κ2) is 7.45. The molecule has 1 fully saturated rings. The third-order valence-electron chi connectivity index (χ3n) is 3.41. The number of amides is 2. The molecular formula is C13H24N2O4. The van der Waals surface area contributed by atoms with E-state index in [1.54, 1.807) is 0 Å². The molecule has 1 aliphatic heterocycles. The number of nitrogens with one attached hydrogen (secondary N) is 1. The molecule has 0 aromatic heterocycles. The van der Waals surface area contributed by atoms with E-state index in [9.17, 15) is 19.8 Å². The van der Waals surface area contributed by atoms with Crippen LogP contribution in [0.3, 0.4) is 0 Å². The first kappa shape index (κ1) is 15.9. The highest BCUT2D eigenvalue weighted by atomic mass is 16.3. The Hall–Kier alpha value is -1.14. The van der Waals surface area contributed by atoms with Crippen molar-refractivity contribution in [3.8, 4) is 0 Å². The molecule has 6 heteroatoms. The van der Waals surface area contributed by atoms with Crippen LogP contribution in [0.5, 0.6) is 0 Å². The lowest BCUT2D eigenvalue weighted by molar-refractivity contribution is -0.137. The van der Waals surface area contributed by atoms with Crippen LogP contribution in [0.25, 0.3) is 0 Å². The molecule has 3 atom stereocenters. The number of hydrogen-bond acceptors (Lipinski definition) is 4. The van der Waals surface area contributed by atoms with Crippen LogP contribution in [0.15, 0.2) is 0 Å². The summed E-state index contributed by atoms with van der Waals surface area (Å²) in [6, 6.07) is -0.905. The molecule has 6 nitrogen and oxygen atoms in total. The van der Waals surface area contributed by atoms with Crippen molar-refractivity contribution in [3.63, 3.8) is 0 Å². The van der Waals surface area contributed by atoms with Gasteiger partial charge < -0.3 is 20.4 Å². The van der Waals surface area contributed by atoms with Crippen LogP contribution in [-0.2, 0) is 9.59 Å². The smallest absolute Gasteiger partial charge is 0.245 e. The summed E-state index contributed by atoms with van der Waals surface area (Å²) in [4.78, 5) is 25.0. The molecule has 110 valence electrons. The van der Waals surface area contributed by atoms with E-state index in [1.807, 2.05) is 6.92 Å². The van der Waals surface area contributed by atoms with Crippen molar-refractivity contribution < 1.29 is 19.8 Å². The molecule has 3 unspecified atom stereocenters. The quantitative estimate of drug-likeness (QED) is 0.616. The van der Waals surface area contributed by atoms with Gasteiger partial charge in [0, 0.05) is 13.5 Å². The number of aliphatic hydroxyl groups excluding tert-OH is 2. The fourth-order valence-electron chi connectivity index (χ4n) is 2.45. The Morgan fingerprint density at radius 1 is 1.47 bits per heavy atom. The molecular weight excluding hydrogens is 248 g/mol. The fraction of sp³-hybridized carbons (Fsp3) is 0.846. The Balaban J connectivity index is 2.71. The monoisotopic (exact) mass is 272 g/mol. The maximum Gasteiger partial charge on any atom is 0.245 e. The first-order valence-electron chi connectivity index (χ1n) is 6.86. The summed E-state index contributed by atoms with van der Waals surface area (Å²) < 4.78 is 0. The van der Waals surface area contributed by atoms with Gasteiger partial charge in [-0.2, -0.15) is 0 Å². The fourth-order valence-corrected chi connectivity index (χ4v) is 2.45. The summed E-state index contributed by atoms with van der Waals surface area (Å²) in [6.45, 7) is 3.47. The molecule has 2 amide bonds. The third kappa shape index (κ3) is 4.47. The molecule has 1 aliphatic rings. The molecule has 1 saturated heterocycles. The van der Waals surface area contributed by atoms with Crippen LogP contribution in [0.1, 0.15) is 39.5 Å². The van der Waals surface area contributed by atoms with Gasteiger partial charge >= 0.3 is 0 Å². The highest BCUT2D eigenvalue weighted by Gasteiger charge is 2.36. The van der Waals surface area contributed by atoms with Gasteiger partial charge in [-0.05, 0) is 12.8 Å².